The van der Waals surface area contributed by atoms with Crippen LogP contribution >= 0.6 is 0 Å². The first kappa shape index (κ1) is 18.5. The van der Waals surface area contributed by atoms with Crippen LogP contribution in [-0.2, 0) is 9.59 Å². The third-order valence-corrected chi connectivity index (χ3v) is 4.61. The summed E-state index contributed by atoms with van der Waals surface area (Å²) in [5, 5.41) is 6.12. The Bertz CT molecular complexity index is 543. The Balaban J connectivity index is 1.88. The Morgan fingerprint density at radius 2 is 1.92 bits per heavy atom. The maximum atomic E-state index is 12.6. The molecule has 5 heteroatoms. The van der Waals surface area contributed by atoms with Crippen LogP contribution in [0.15, 0.2) is 30.3 Å². The molecular weight excluding hydrogens is 302 g/mol. The molecule has 0 bridgehead atoms. The fraction of sp³-hybridized carbons (Fsp3) is 0.579. The molecule has 0 heterocycles. The highest BCUT2D eigenvalue weighted by Gasteiger charge is 2.28. The summed E-state index contributed by atoms with van der Waals surface area (Å²) in [6.45, 7) is 4.32. The van der Waals surface area contributed by atoms with Crippen LogP contribution in [0, 0.1) is 0 Å². The second-order valence-corrected chi connectivity index (χ2v) is 6.85. The molecule has 1 aromatic carbocycles. The monoisotopic (exact) mass is 332 g/mol. The normalized spacial score (nSPS) is 17.6. The van der Waals surface area contributed by atoms with Gasteiger partial charge in [-0.2, -0.15) is 0 Å². The van der Waals surface area contributed by atoms with Gasteiger partial charge in [-0.1, -0.05) is 43.7 Å². The second kappa shape index (κ2) is 8.83. The van der Waals surface area contributed by atoms with Crippen LogP contribution in [0.5, 0.6) is 0 Å². The number of rotatable bonds is 9. The van der Waals surface area contributed by atoms with Gasteiger partial charge in [-0.25, -0.2) is 0 Å². The van der Waals surface area contributed by atoms with E-state index in [1.165, 1.54) is 0 Å². The molecule has 0 aromatic heterocycles. The van der Waals surface area contributed by atoms with Gasteiger partial charge in [0.25, 0.3) is 11.8 Å². The zero-order valence-corrected chi connectivity index (χ0v) is 15.0. The summed E-state index contributed by atoms with van der Waals surface area (Å²) in [5.74, 6) is 0.0249. The van der Waals surface area contributed by atoms with Crippen LogP contribution < -0.4 is 15.5 Å². The number of carbonyl (C=O) groups excluding carboxylic acids is 2. The number of amides is 2. The van der Waals surface area contributed by atoms with E-state index in [9.17, 15) is 9.59 Å². The van der Waals surface area contributed by atoms with Gasteiger partial charge < -0.3 is 15.5 Å². The Labute approximate surface area is 144 Å². The van der Waals surface area contributed by atoms with Crippen molar-refractivity contribution in [1.82, 2.24) is 10.6 Å². The van der Waals surface area contributed by atoms with Crippen molar-refractivity contribution in [2.45, 2.75) is 57.7 Å². The van der Waals surface area contributed by atoms with Crippen molar-refractivity contribution in [1.29, 1.82) is 0 Å². The van der Waals surface area contributed by atoms with Gasteiger partial charge in [0.1, 0.15) is 0 Å². The molecule has 24 heavy (non-hydrogen) atoms. The fourth-order valence-electron chi connectivity index (χ4n) is 2.73. The molecule has 5 nitrogen and oxygen atoms in total. The smallest absolute Gasteiger partial charge is 0.278 e. The summed E-state index contributed by atoms with van der Waals surface area (Å²) in [5.41, 5.74) is 1.13. The molecule has 3 N–H and O–H groups in total. The molecule has 3 atom stereocenters. The molecule has 132 valence electrons. The summed E-state index contributed by atoms with van der Waals surface area (Å²) in [6, 6.07) is 10.2. The Kier molecular flexibility index (Phi) is 6.79. The van der Waals surface area contributed by atoms with E-state index in [-0.39, 0.29) is 23.9 Å². The summed E-state index contributed by atoms with van der Waals surface area (Å²) in [6.07, 6.45) is 4.07. The zero-order chi connectivity index (χ0) is 17.5. The van der Waals surface area contributed by atoms with Crippen LogP contribution in [0.3, 0.4) is 0 Å². The van der Waals surface area contributed by atoms with Crippen molar-refractivity contribution in [2.24, 2.45) is 0 Å². The first-order valence-electron chi connectivity index (χ1n) is 8.98. The van der Waals surface area contributed by atoms with Gasteiger partial charge in [-0.05, 0) is 31.7 Å². The highest BCUT2D eigenvalue weighted by atomic mass is 16.2. The van der Waals surface area contributed by atoms with Gasteiger partial charge in [0.2, 0.25) is 0 Å². The van der Waals surface area contributed by atoms with Crippen LogP contribution in [0.25, 0.3) is 0 Å². The average molecular weight is 332 g/mol. The quantitative estimate of drug-likeness (QED) is 0.627. The van der Waals surface area contributed by atoms with Crippen LogP contribution in [0.4, 0.5) is 0 Å². The van der Waals surface area contributed by atoms with Crippen LogP contribution in [-0.4, -0.2) is 37.5 Å². The minimum Gasteiger partial charge on any atom is -0.348 e. The van der Waals surface area contributed by atoms with Gasteiger partial charge >= 0.3 is 0 Å². The van der Waals surface area contributed by atoms with Crippen molar-refractivity contribution in [3.63, 3.8) is 0 Å². The SMILES string of the molecule is CCC[C@H](NC(=O)[C@H](C)[NH+](C)CC(=O)NC1CC1)c1ccccc1. The molecule has 0 saturated heterocycles. The van der Waals surface area contributed by atoms with E-state index in [1.807, 2.05) is 44.3 Å². The molecule has 1 aliphatic carbocycles. The summed E-state index contributed by atoms with van der Waals surface area (Å²) in [7, 11) is 1.90. The third-order valence-electron chi connectivity index (χ3n) is 4.61. The largest absolute Gasteiger partial charge is 0.348 e. The lowest BCUT2D eigenvalue weighted by Crippen LogP contribution is -3.15. The van der Waals surface area contributed by atoms with E-state index in [0.29, 0.717) is 12.6 Å². The summed E-state index contributed by atoms with van der Waals surface area (Å²) >= 11 is 0. The van der Waals surface area contributed by atoms with Crippen molar-refractivity contribution < 1.29 is 14.5 Å². The van der Waals surface area contributed by atoms with E-state index in [2.05, 4.69) is 17.6 Å². The van der Waals surface area contributed by atoms with Crippen molar-refractivity contribution in [3.8, 4) is 0 Å². The van der Waals surface area contributed by atoms with Gasteiger partial charge in [0, 0.05) is 6.04 Å². The zero-order valence-electron chi connectivity index (χ0n) is 15.0. The third kappa shape index (κ3) is 5.64. The van der Waals surface area contributed by atoms with Crippen molar-refractivity contribution in [2.75, 3.05) is 13.6 Å². The standard InChI is InChI=1S/C19H29N3O2/c1-4-8-17(15-9-6-5-7-10-15)21-19(24)14(2)22(3)13-18(23)20-16-11-12-16/h5-7,9-10,14,16-17H,4,8,11-13H2,1-3H3,(H,20,23)(H,21,24)/p+1/t14-,17-/m0/s1. The Hall–Kier alpha value is -1.88. The second-order valence-electron chi connectivity index (χ2n) is 6.85. The summed E-state index contributed by atoms with van der Waals surface area (Å²) < 4.78 is 0. The number of carbonyl (C=O) groups is 2. The number of benzene rings is 1. The Morgan fingerprint density at radius 3 is 2.50 bits per heavy atom. The molecule has 0 aliphatic heterocycles. The van der Waals surface area contributed by atoms with Gasteiger partial charge in [0.05, 0.1) is 13.1 Å². The predicted molar refractivity (Wildman–Crippen MR) is 94.6 cm³/mol. The predicted octanol–water partition coefficient (Wildman–Crippen LogP) is 0.826. The lowest BCUT2D eigenvalue weighted by Gasteiger charge is -2.24. The molecule has 1 aliphatic rings. The highest BCUT2D eigenvalue weighted by Crippen LogP contribution is 2.18. The lowest BCUT2D eigenvalue weighted by molar-refractivity contribution is -0.886. The van der Waals surface area contributed by atoms with Crippen molar-refractivity contribution in [3.05, 3.63) is 35.9 Å². The van der Waals surface area contributed by atoms with Gasteiger partial charge in [-0.15, -0.1) is 0 Å². The molecule has 1 unspecified atom stereocenters. The van der Waals surface area contributed by atoms with Gasteiger partial charge in [0.15, 0.2) is 12.6 Å². The first-order valence-corrected chi connectivity index (χ1v) is 8.98. The minimum atomic E-state index is -0.266. The highest BCUT2D eigenvalue weighted by molar-refractivity contribution is 5.81. The molecule has 1 fully saturated rings. The number of hydrogen-bond acceptors (Lipinski definition) is 2. The molecule has 2 amide bonds. The molecule has 2 rings (SSSR count). The molecular formula is C19H30N3O2+. The first-order chi connectivity index (χ1) is 11.5. The number of nitrogens with one attached hydrogen (secondary N) is 3. The van der Waals surface area contributed by atoms with E-state index in [1.54, 1.807) is 0 Å². The molecule has 1 saturated carbocycles. The minimum absolute atomic E-state index is 0.00553. The van der Waals surface area contributed by atoms with E-state index >= 15 is 0 Å². The molecule has 0 spiro atoms. The van der Waals surface area contributed by atoms with Gasteiger partial charge in [-0.3, -0.25) is 9.59 Å². The van der Waals surface area contributed by atoms with E-state index < -0.39 is 0 Å². The topological polar surface area (TPSA) is 62.6 Å². The van der Waals surface area contributed by atoms with Crippen LogP contribution in [0.2, 0.25) is 0 Å². The number of hydrogen-bond donors (Lipinski definition) is 3. The van der Waals surface area contributed by atoms with E-state index in [0.717, 1.165) is 36.1 Å². The van der Waals surface area contributed by atoms with Crippen LogP contribution in [0.1, 0.15) is 51.1 Å². The molecule has 0 radical (unpaired) electrons. The number of likely N-dealkylation sites (N-methyl/N-ethyl adjacent to an activating group) is 1. The average Bonchev–Trinajstić information content (AvgIpc) is 3.38. The molecule has 1 aromatic rings. The van der Waals surface area contributed by atoms with E-state index in [4.69, 9.17) is 0 Å². The fourth-order valence-corrected chi connectivity index (χ4v) is 2.73. The Morgan fingerprint density at radius 1 is 1.25 bits per heavy atom. The van der Waals surface area contributed by atoms with Crippen molar-refractivity contribution >= 4 is 11.8 Å². The maximum absolute atomic E-state index is 12.6. The lowest BCUT2D eigenvalue weighted by atomic mass is 10.0. The number of quaternary nitrogens is 1. The maximum Gasteiger partial charge on any atom is 0.278 e. The summed E-state index contributed by atoms with van der Waals surface area (Å²) in [4.78, 5) is 25.4.